The number of carbonyl (C=O) groups excluding carboxylic acids is 1. The van der Waals surface area contributed by atoms with E-state index >= 15 is 0 Å². The highest BCUT2D eigenvalue weighted by molar-refractivity contribution is 14.1. The van der Waals surface area contributed by atoms with Gasteiger partial charge in [0.2, 0.25) is 0 Å². The molecule has 0 aromatic carbocycles. The normalized spacial score (nSPS) is 17.9. The fourth-order valence-electron chi connectivity index (χ4n) is 0.766. The summed E-state index contributed by atoms with van der Waals surface area (Å²) in [4.78, 5) is 13.2. The third-order valence-electron chi connectivity index (χ3n) is 1.22. The van der Waals surface area contributed by atoms with Crippen LogP contribution in [0.3, 0.4) is 0 Å². The summed E-state index contributed by atoms with van der Waals surface area (Å²) in [7, 11) is 0. The van der Waals surface area contributed by atoms with Crippen LogP contribution in [0, 0.1) is 0 Å². The Bertz CT molecular complexity index is 173. The van der Waals surface area contributed by atoms with Gasteiger partial charge < -0.3 is 10.2 Å². The first-order valence-corrected chi connectivity index (χ1v) is 4.82. The molecule has 0 radical (unpaired) electrons. The molecule has 1 aliphatic heterocycles. The Morgan fingerprint density at radius 2 is 2.50 bits per heavy atom. The van der Waals surface area contributed by atoms with E-state index < -0.39 is 0 Å². The Labute approximate surface area is 78.3 Å². The van der Waals surface area contributed by atoms with Crippen molar-refractivity contribution in [3.05, 3.63) is 0 Å². The summed E-state index contributed by atoms with van der Waals surface area (Å²) in [6, 6.07) is -0.0540. The van der Waals surface area contributed by atoms with E-state index in [0.29, 0.717) is 11.5 Å². The highest BCUT2D eigenvalue weighted by Gasteiger charge is 2.22. The lowest BCUT2D eigenvalue weighted by Crippen LogP contribution is -2.29. The molecule has 56 valence electrons. The predicted molar refractivity (Wildman–Crippen MR) is 51.6 cm³/mol. The standard InChI is InChI=1S/C5H7IN2OS/c6-1-2-8-3-4(10)7-5(8)9/h1-3H2,(H,7,9,10). The molecule has 0 aliphatic carbocycles. The largest absolute Gasteiger partial charge is 0.322 e. The fourth-order valence-corrected chi connectivity index (χ4v) is 1.59. The maximum atomic E-state index is 10.9. The third kappa shape index (κ3) is 1.79. The van der Waals surface area contributed by atoms with Crippen LogP contribution < -0.4 is 5.32 Å². The Hall–Kier alpha value is 0.0900. The number of thiocarbonyl (C=S) groups is 1. The fraction of sp³-hybridized carbons (Fsp3) is 0.600. The van der Waals surface area contributed by atoms with E-state index in [-0.39, 0.29) is 6.03 Å². The molecule has 1 heterocycles. The summed E-state index contributed by atoms with van der Waals surface area (Å²) in [6.07, 6.45) is 0. The zero-order valence-corrected chi connectivity index (χ0v) is 8.24. The molecule has 2 amide bonds. The van der Waals surface area contributed by atoms with Gasteiger partial charge in [-0.05, 0) is 0 Å². The lowest BCUT2D eigenvalue weighted by Gasteiger charge is -2.09. The lowest BCUT2D eigenvalue weighted by molar-refractivity contribution is 0.220. The first-order valence-electron chi connectivity index (χ1n) is 2.89. The van der Waals surface area contributed by atoms with Gasteiger partial charge in [0.25, 0.3) is 0 Å². The van der Waals surface area contributed by atoms with E-state index in [0.717, 1.165) is 11.0 Å². The average Bonchev–Trinajstić information content (AvgIpc) is 2.13. The molecule has 0 unspecified atom stereocenters. The van der Waals surface area contributed by atoms with Gasteiger partial charge in [0.05, 0.1) is 6.54 Å². The van der Waals surface area contributed by atoms with Crippen molar-refractivity contribution in [2.24, 2.45) is 0 Å². The monoisotopic (exact) mass is 270 g/mol. The van der Waals surface area contributed by atoms with Crippen LogP contribution in [0.1, 0.15) is 0 Å². The van der Waals surface area contributed by atoms with Gasteiger partial charge in [-0.1, -0.05) is 34.8 Å². The predicted octanol–water partition coefficient (Wildman–Crippen LogP) is 0.774. The van der Waals surface area contributed by atoms with Crippen LogP contribution in [-0.4, -0.2) is 33.4 Å². The molecule has 1 aliphatic rings. The van der Waals surface area contributed by atoms with Crippen molar-refractivity contribution in [3.63, 3.8) is 0 Å². The molecule has 1 saturated heterocycles. The molecule has 10 heavy (non-hydrogen) atoms. The SMILES string of the molecule is O=C1NC(=S)CN1CCI. The number of hydrogen-bond acceptors (Lipinski definition) is 2. The van der Waals surface area contributed by atoms with Gasteiger partial charge in [-0.3, -0.25) is 0 Å². The number of hydrogen-bond donors (Lipinski definition) is 1. The zero-order chi connectivity index (χ0) is 7.56. The number of nitrogens with zero attached hydrogens (tertiary/aromatic N) is 1. The molecule has 0 saturated carbocycles. The molecule has 0 aromatic rings. The van der Waals surface area contributed by atoms with E-state index in [4.69, 9.17) is 12.2 Å². The van der Waals surface area contributed by atoms with Crippen molar-refractivity contribution in [1.29, 1.82) is 0 Å². The average molecular weight is 270 g/mol. The summed E-state index contributed by atoms with van der Waals surface area (Å²) in [5.41, 5.74) is 0. The Kier molecular flexibility index (Phi) is 2.84. The molecule has 0 bridgehead atoms. The topological polar surface area (TPSA) is 32.3 Å². The van der Waals surface area contributed by atoms with Crippen LogP contribution in [0.2, 0.25) is 0 Å². The van der Waals surface area contributed by atoms with Crippen molar-refractivity contribution in [3.8, 4) is 0 Å². The van der Waals surface area contributed by atoms with Gasteiger partial charge in [-0.25, -0.2) is 4.79 Å². The summed E-state index contributed by atoms with van der Waals surface area (Å²) < 4.78 is 0.952. The van der Waals surface area contributed by atoms with E-state index in [1.807, 2.05) is 0 Å². The number of rotatable bonds is 2. The van der Waals surface area contributed by atoms with Crippen molar-refractivity contribution in [2.75, 3.05) is 17.5 Å². The molecule has 0 aromatic heterocycles. The van der Waals surface area contributed by atoms with E-state index in [2.05, 4.69) is 27.9 Å². The van der Waals surface area contributed by atoms with Crippen LogP contribution in [-0.2, 0) is 0 Å². The Morgan fingerprint density at radius 1 is 1.80 bits per heavy atom. The zero-order valence-electron chi connectivity index (χ0n) is 5.26. The van der Waals surface area contributed by atoms with Gasteiger partial charge in [0, 0.05) is 11.0 Å². The van der Waals surface area contributed by atoms with Crippen LogP contribution in [0.5, 0.6) is 0 Å². The van der Waals surface area contributed by atoms with Crippen molar-refractivity contribution >= 4 is 45.8 Å². The number of nitrogens with one attached hydrogen (secondary N) is 1. The first-order chi connectivity index (χ1) is 4.74. The summed E-state index contributed by atoms with van der Waals surface area (Å²) in [6.45, 7) is 1.38. The number of alkyl halides is 1. The summed E-state index contributed by atoms with van der Waals surface area (Å²) in [5, 5.41) is 2.57. The Balaban J connectivity index is 2.46. The van der Waals surface area contributed by atoms with Crippen LogP contribution >= 0.6 is 34.8 Å². The van der Waals surface area contributed by atoms with Gasteiger partial charge in [-0.15, -0.1) is 0 Å². The maximum absolute atomic E-state index is 10.9. The summed E-state index contributed by atoms with van der Waals surface area (Å²) in [5.74, 6) is 0. The van der Waals surface area contributed by atoms with E-state index in [1.54, 1.807) is 4.90 Å². The highest BCUT2D eigenvalue weighted by Crippen LogP contribution is 1.99. The van der Waals surface area contributed by atoms with Crippen molar-refractivity contribution in [1.82, 2.24) is 10.2 Å². The second kappa shape index (κ2) is 3.47. The lowest BCUT2D eigenvalue weighted by atomic mass is 10.6. The molecule has 1 N–H and O–H groups in total. The molecule has 0 atom stereocenters. The first kappa shape index (κ1) is 8.19. The molecule has 5 heteroatoms. The Morgan fingerprint density at radius 3 is 2.90 bits per heavy atom. The number of amides is 2. The molecule has 1 fully saturated rings. The minimum atomic E-state index is -0.0540. The second-order valence-electron chi connectivity index (χ2n) is 1.96. The van der Waals surface area contributed by atoms with Crippen LogP contribution in [0.15, 0.2) is 0 Å². The van der Waals surface area contributed by atoms with Crippen molar-refractivity contribution < 1.29 is 4.79 Å². The molecule has 0 spiro atoms. The summed E-state index contributed by atoms with van der Waals surface area (Å²) >= 11 is 7.04. The van der Waals surface area contributed by atoms with Crippen LogP contribution in [0.4, 0.5) is 4.79 Å². The molecule has 1 rings (SSSR count). The number of halogens is 1. The number of carbonyl (C=O) groups is 1. The van der Waals surface area contributed by atoms with E-state index in [9.17, 15) is 4.79 Å². The highest BCUT2D eigenvalue weighted by atomic mass is 127. The quantitative estimate of drug-likeness (QED) is 0.457. The second-order valence-corrected chi connectivity index (χ2v) is 3.54. The third-order valence-corrected chi connectivity index (χ3v) is 1.94. The van der Waals surface area contributed by atoms with Crippen molar-refractivity contribution in [2.45, 2.75) is 0 Å². The van der Waals surface area contributed by atoms with Crippen LogP contribution in [0.25, 0.3) is 0 Å². The molecular formula is C5H7IN2OS. The van der Waals surface area contributed by atoms with Gasteiger partial charge in [-0.2, -0.15) is 0 Å². The molecular weight excluding hydrogens is 263 g/mol. The minimum Gasteiger partial charge on any atom is -0.317 e. The number of urea groups is 1. The van der Waals surface area contributed by atoms with Gasteiger partial charge >= 0.3 is 6.03 Å². The molecule has 3 nitrogen and oxygen atoms in total. The maximum Gasteiger partial charge on any atom is 0.322 e. The van der Waals surface area contributed by atoms with Gasteiger partial charge in [0.1, 0.15) is 4.99 Å². The van der Waals surface area contributed by atoms with Gasteiger partial charge in [0.15, 0.2) is 0 Å². The minimum absolute atomic E-state index is 0.0540. The smallest absolute Gasteiger partial charge is 0.317 e. The van der Waals surface area contributed by atoms with E-state index in [1.165, 1.54) is 0 Å².